The zero-order valence-electron chi connectivity index (χ0n) is 13.1. The summed E-state index contributed by atoms with van der Waals surface area (Å²) in [7, 11) is 0. The summed E-state index contributed by atoms with van der Waals surface area (Å²) in [5.74, 6) is 0.0532. The van der Waals surface area contributed by atoms with E-state index in [1.807, 2.05) is 0 Å². The molecular formula is C15H21N5O2S. The van der Waals surface area contributed by atoms with Gasteiger partial charge in [-0.1, -0.05) is 0 Å². The van der Waals surface area contributed by atoms with E-state index in [-0.39, 0.29) is 12.0 Å². The Morgan fingerprint density at radius 3 is 3.17 bits per heavy atom. The zero-order valence-corrected chi connectivity index (χ0v) is 14.0. The smallest absolute Gasteiger partial charge is 0.234 e. The number of nitrogens with zero attached hydrogens (tertiary/aromatic N) is 4. The first-order chi connectivity index (χ1) is 11.2. The van der Waals surface area contributed by atoms with Crippen molar-refractivity contribution in [3.05, 3.63) is 34.5 Å². The van der Waals surface area contributed by atoms with E-state index in [1.54, 1.807) is 22.3 Å². The number of morpholine rings is 1. The number of amides is 1. The van der Waals surface area contributed by atoms with Crippen molar-refractivity contribution in [2.75, 3.05) is 26.2 Å². The number of nitrogens with one attached hydrogen (secondary N) is 1. The molecule has 1 atom stereocenters. The van der Waals surface area contributed by atoms with E-state index in [4.69, 9.17) is 4.74 Å². The van der Waals surface area contributed by atoms with Crippen molar-refractivity contribution in [2.24, 2.45) is 0 Å². The molecule has 0 bridgehead atoms. The maximum Gasteiger partial charge on any atom is 0.234 e. The zero-order chi connectivity index (χ0) is 16.1. The minimum Gasteiger partial charge on any atom is -0.374 e. The van der Waals surface area contributed by atoms with Gasteiger partial charge in [0.1, 0.15) is 12.7 Å². The van der Waals surface area contributed by atoms with Crippen LogP contribution in [0.3, 0.4) is 0 Å². The summed E-state index contributed by atoms with van der Waals surface area (Å²) in [5, 5.41) is 7.07. The first kappa shape index (κ1) is 16.1. The molecule has 124 valence electrons. The third-order valence-electron chi connectivity index (χ3n) is 3.70. The summed E-state index contributed by atoms with van der Waals surface area (Å²) in [6.45, 7) is 5.87. The molecule has 1 N–H and O–H groups in total. The highest BCUT2D eigenvalue weighted by atomic mass is 32.1. The number of aryl methyl sites for hydroxylation is 1. The summed E-state index contributed by atoms with van der Waals surface area (Å²) in [6, 6.07) is 4.13. The molecule has 1 amide bonds. The number of thiophene rings is 1. The number of aromatic nitrogens is 3. The van der Waals surface area contributed by atoms with Gasteiger partial charge in [0.2, 0.25) is 5.91 Å². The van der Waals surface area contributed by atoms with Crippen LogP contribution in [0.4, 0.5) is 0 Å². The third kappa shape index (κ3) is 4.85. The Hall–Kier alpha value is -1.77. The summed E-state index contributed by atoms with van der Waals surface area (Å²) in [5.41, 5.74) is 0. The quantitative estimate of drug-likeness (QED) is 0.840. The van der Waals surface area contributed by atoms with Crippen LogP contribution in [0, 0.1) is 6.92 Å². The fraction of sp³-hybridized carbons (Fsp3) is 0.533. The molecule has 0 saturated carbocycles. The molecule has 0 aliphatic carbocycles. The van der Waals surface area contributed by atoms with Gasteiger partial charge in [0.05, 0.1) is 32.3 Å². The first-order valence-electron chi connectivity index (χ1n) is 7.67. The lowest BCUT2D eigenvalue weighted by Crippen LogP contribution is -2.48. The molecule has 1 aliphatic rings. The van der Waals surface area contributed by atoms with Crippen LogP contribution in [0.1, 0.15) is 9.75 Å². The first-order valence-corrected chi connectivity index (χ1v) is 8.49. The van der Waals surface area contributed by atoms with Crippen LogP contribution in [0.15, 0.2) is 24.8 Å². The molecule has 0 unspecified atom stereocenters. The third-order valence-corrected chi connectivity index (χ3v) is 4.70. The maximum absolute atomic E-state index is 12.1. The highest BCUT2D eigenvalue weighted by Crippen LogP contribution is 2.14. The second-order valence-electron chi connectivity index (χ2n) is 5.63. The number of ether oxygens (including phenoxy) is 1. The second-order valence-corrected chi connectivity index (χ2v) is 7.01. The SMILES string of the molecule is Cc1ccc(CNC(=O)CN2CCO[C@@H](Cn3cncn3)C2)s1. The topological polar surface area (TPSA) is 72.3 Å². The number of carbonyl (C=O) groups excluding carboxylic acids is 1. The molecule has 0 aromatic carbocycles. The molecule has 0 spiro atoms. The van der Waals surface area contributed by atoms with E-state index in [0.29, 0.717) is 26.2 Å². The fourth-order valence-corrected chi connectivity index (χ4v) is 3.43. The lowest BCUT2D eigenvalue weighted by Gasteiger charge is -2.32. The van der Waals surface area contributed by atoms with Crippen molar-refractivity contribution < 1.29 is 9.53 Å². The minimum atomic E-state index is 0.0400. The van der Waals surface area contributed by atoms with Crippen LogP contribution in [0.2, 0.25) is 0 Å². The van der Waals surface area contributed by atoms with E-state index < -0.39 is 0 Å². The van der Waals surface area contributed by atoms with Crippen LogP contribution in [0.5, 0.6) is 0 Å². The molecule has 1 fully saturated rings. The van der Waals surface area contributed by atoms with Gasteiger partial charge >= 0.3 is 0 Å². The van der Waals surface area contributed by atoms with Crippen molar-refractivity contribution in [3.8, 4) is 0 Å². The van der Waals surface area contributed by atoms with Crippen LogP contribution < -0.4 is 5.32 Å². The Kier molecular flexibility index (Phi) is 5.37. The average Bonchev–Trinajstić information content (AvgIpc) is 3.17. The van der Waals surface area contributed by atoms with Gasteiger partial charge in [-0.3, -0.25) is 14.4 Å². The number of carbonyl (C=O) groups is 1. The van der Waals surface area contributed by atoms with Crippen molar-refractivity contribution in [1.29, 1.82) is 0 Å². The van der Waals surface area contributed by atoms with Crippen LogP contribution in [-0.2, 0) is 22.6 Å². The molecule has 3 rings (SSSR count). The Bertz CT molecular complexity index is 628. The van der Waals surface area contributed by atoms with E-state index in [9.17, 15) is 4.79 Å². The molecule has 2 aromatic rings. The summed E-state index contributed by atoms with van der Waals surface area (Å²) < 4.78 is 7.49. The molecule has 2 aromatic heterocycles. The standard InChI is InChI=1S/C15H21N5O2S/c1-12-2-3-14(23-12)6-17-15(21)9-19-4-5-22-13(7-19)8-20-11-16-10-18-20/h2-3,10-11,13H,4-9H2,1H3,(H,17,21)/t13-/m1/s1. The summed E-state index contributed by atoms with van der Waals surface area (Å²) in [6.07, 6.45) is 3.23. The van der Waals surface area contributed by atoms with Crippen molar-refractivity contribution in [3.63, 3.8) is 0 Å². The molecule has 1 saturated heterocycles. The summed E-state index contributed by atoms with van der Waals surface area (Å²) in [4.78, 5) is 20.6. The average molecular weight is 335 g/mol. The lowest BCUT2D eigenvalue weighted by atomic mass is 10.2. The number of hydrogen-bond donors (Lipinski definition) is 1. The number of hydrogen-bond acceptors (Lipinski definition) is 6. The van der Waals surface area contributed by atoms with Gasteiger partial charge in [-0.2, -0.15) is 5.10 Å². The largest absolute Gasteiger partial charge is 0.374 e. The van der Waals surface area contributed by atoms with Crippen molar-refractivity contribution in [1.82, 2.24) is 25.0 Å². The van der Waals surface area contributed by atoms with Crippen molar-refractivity contribution in [2.45, 2.75) is 26.1 Å². The molecule has 23 heavy (non-hydrogen) atoms. The molecule has 7 nitrogen and oxygen atoms in total. The molecular weight excluding hydrogens is 314 g/mol. The highest BCUT2D eigenvalue weighted by Gasteiger charge is 2.22. The van der Waals surface area contributed by atoms with Gasteiger partial charge in [-0.25, -0.2) is 4.98 Å². The highest BCUT2D eigenvalue weighted by molar-refractivity contribution is 7.11. The molecule has 3 heterocycles. The minimum absolute atomic E-state index is 0.0400. The van der Waals surface area contributed by atoms with E-state index >= 15 is 0 Å². The molecule has 0 radical (unpaired) electrons. The van der Waals surface area contributed by atoms with Gasteiger partial charge in [0.25, 0.3) is 0 Å². The van der Waals surface area contributed by atoms with Crippen molar-refractivity contribution >= 4 is 17.2 Å². The van der Waals surface area contributed by atoms with Crippen LogP contribution in [-0.4, -0.2) is 57.9 Å². The van der Waals surface area contributed by atoms with Crippen LogP contribution >= 0.6 is 11.3 Å². The van der Waals surface area contributed by atoms with Gasteiger partial charge in [-0.05, 0) is 19.1 Å². The maximum atomic E-state index is 12.1. The number of rotatable bonds is 6. The Morgan fingerprint density at radius 1 is 1.52 bits per heavy atom. The monoisotopic (exact) mass is 335 g/mol. The Labute approximate surface area is 139 Å². The van der Waals surface area contributed by atoms with E-state index in [0.717, 1.165) is 13.1 Å². The molecule has 1 aliphatic heterocycles. The lowest BCUT2D eigenvalue weighted by molar-refractivity contribution is -0.124. The summed E-state index contributed by atoms with van der Waals surface area (Å²) >= 11 is 1.71. The predicted molar refractivity (Wildman–Crippen MR) is 87.1 cm³/mol. The van der Waals surface area contributed by atoms with Gasteiger partial charge in [0, 0.05) is 22.8 Å². The van der Waals surface area contributed by atoms with Gasteiger partial charge in [-0.15, -0.1) is 11.3 Å². The Morgan fingerprint density at radius 2 is 2.43 bits per heavy atom. The van der Waals surface area contributed by atoms with Crippen LogP contribution in [0.25, 0.3) is 0 Å². The van der Waals surface area contributed by atoms with E-state index in [2.05, 4.69) is 39.4 Å². The van der Waals surface area contributed by atoms with E-state index in [1.165, 1.54) is 16.1 Å². The van der Waals surface area contributed by atoms with Gasteiger partial charge < -0.3 is 10.1 Å². The Balaban J connectivity index is 1.42. The molecule has 8 heteroatoms. The predicted octanol–water partition coefficient (Wildman–Crippen LogP) is 0.665. The second kappa shape index (κ2) is 7.67. The fourth-order valence-electron chi connectivity index (χ4n) is 2.59. The normalized spacial score (nSPS) is 18.9. The van der Waals surface area contributed by atoms with Gasteiger partial charge in [0.15, 0.2) is 0 Å².